The van der Waals surface area contributed by atoms with Crippen LogP contribution in [-0.2, 0) is 16.6 Å². The Bertz CT molecular complexity index is 587. The summed E-state index contributed by atoms with van der Waals surface area (Å²) in [5, 5.41) is 7.61. The highest BCUT2D eigenvalue weighted by molar-refractivity contribution is 7.89. The van der Waals surface area contributed by atoms with Gasteiger partial charge in [0.15, 0.2) is 5.03 Å². The zero-order valence-electron chi connectivity index (χ0n) is 12.4. The van der Waals surface area contributed by atoms with E-state index in [0.29, 0.717) is 25.2 Å². The summed E-state index contributed by atoms with van der Waals surface area (Å²) in [4.78, 5) is 4.07. The van der Waals surface area contributed by atoms with Crippen molar-refractivity contribution in [1.82, 2.24) is 14.3 Å². The lowest BCUT2D eigenvalue weighted by atomic mass is 9.93. The van der Waals surface area contributed by atoms with Crippen LogP contribution in [-0.4, -0.2) is 29.3 Å². The first-order valence-corrected chi connectivity index (χ1v) is 8.13. The van der Waals surface area contributed by atoms with Gasteiger partial charge in [-0.1, -0.05) is 13.8 Å². The minimum atomic E-state index is -3.80. The summed E-state index contributed by atoms with van der Waals surface area (Å²) in [5.41, 5.74) is 4.52. The molecular formula is C12H23N5O2S. The Morgan fingerprint density at radius 1 is 1.45 bits per heavy atom. The van der Waals surface area contributed by atoms with Gasteiger partial charge in [-0.05, 0) is 26.7 Å². The minimum Gasteiger partial charge on any atom is -0.386 e. The second kappa shape index (κ2) is 5.92. The number of rotatable bonds is 7. The van der Waals surface area contributed by atoms with Crippen LogP contribution in [0.1, 0.15) is 39.4 Å². The number of nitrogens with two attached hydrogens (primary N) is 1. The lowest BCUT2D eigenvalue weighted by molar-refractivity contribution is 0.457. The van der Waals surface area contributed by atoms with E-state index >= 15 is 0 Å². The summed E-state index contributed by atoms with van der Waals surface area (Å²) in [6, 6.07) is 0. The van der Waals surface area contributed by atoms with Crippen molar-refractivity contribution in [1.29, 1.82) is 5.41 Å². The summed E-state index contributed by atoms with van der Waals surface area (Å²) >= 11 is 0. The zero-order valence-corrected chi connectivity index (χ0v) is 13.2. The standard InChI is InChI=1S/C12H23N5O2S/c1-5-12(6-2,11(13)14)16-20(18,19)10-8-17(7-3)9(4)15-10/h8,16H,5-7H2,1-4H3,(H3,13,14). The molecule has 0 bridgehead atoms. The number of aromatic nitrogens is 2. The van der Waals surface area contributed by atoms with Gasteiger partial charge in [-0.15, -0.1) is 0 Å². The third-order valence-corrected chi connectivity index (χ3v) is 5.03. The van der Waals surface area contributed by atoms with E-state index in [1.54, 1.807) is 25.3 Å². The van der Waals surface area contributed by atoms with Crippen LogP contribution in [0, 0.1) is 12.3 Å². The monoisotopic (exact) mass is 301 g/mol. The van der Waals surface area contributed by atoms with Gasteiger partial charge in [0.05, 0.1) is 5.54 Å². The van der Waals surface area contributed by atoms with Crippen molar-refractivity contribution in [3.8, 4) is 0 Å². The molecule has 0 fully saturated rings. The van der Waals surface area contributed by atoms with Crippen molar-refractivity contribution < 1.29 is 8.42 Å². The molecule has 20 heavy (non-hydrogen) atoms. The van der Waals surface area contributed by atoms with E-state index < -0.39 is 15.6 Å². The lowest BCUT2D eigenvalue weighted by Crippen LogP contribution is -2.56. The summed E-state index contributed by atoms with van der Waals surface area (Å²) < 4.78 is 29.1. The van der Waals surface area contributed by atoms with Gasteiger partial charge in [0.1, 0.15) is 11.7 Å². The van der Waals surface area contributed by atoms with E-state index in [1.165, 1.54) is 6.20 Å². The maximum atomic E-state index is 12.4. The molecule has 0 saturated carbocycles. The molecule has 114 valence electrons. The van der Waals surface area contributed by atoms with E-state index in [1.807, 2.05) is 6.92 Å². The third-order valence-electron chi connectivity index (χ3n) is 3.62. The molecule has 0 spiro atoms. The number of hydrogen-bond acceptors (Lipinski definition) is 4. The molecule has 1 aromatic heterocycles. The maximum Gasteiger partial charge on any atom is 0.260 e. The van der Waals surface area contributed by atoms with Gasteiger partial charge in [0, 0.05) is 12.7 Å². The topological polar surface area (TPSA) is 114 Å². The lowest BCUT2D eigenvalue weighted by Gasteiger charge is -2.30. The molecule has 0 saturated heterocycles. The Kier molecular flexibility index (Phi) is 4.93. The second-order valence-electron chi connectivity index (χ2n) is 4.72. The van der Waals surface area contributed by atoms with Crippen molar-refractivity contribution in [2.45, 2.75) is 57.6 Å². The normalized spacial score (nSPS) is 12.6. The van der Waals surface area contributed by atoms with Crippen molar-refractivity contribution in [3.63, 3.8) is 0 Å². The summed E-state index contributed by atoms with van der Waals surface area (Å²) in [5.74, 6) is 0.451. The average Bonchev–Trinajstić information content (AvgIpc) is 2.77. The molecule has 0 unspecified atom stereocenters. The van der Waals surface area contributed by atoms with E-state index in [0.717, 1.165) is 0 Å². The summed E-state index contributed by atoms with van der Waals surface area (Å²) in [6.45, 7) is 7.90. The number of imidazole rings is 1. The van der Waals surface area contributed by atoms with Crippen LogP contribution in [0.3, 0.4) is 0 Å². The Morgan fingerprint density at radius 3 is 2.35 bits per heavy atom. The number of aryl methyl sites for hydroxylation is 2. The Morgan fingerprint density at radius 2 is 2.00 bits per heavy atom. The van der Waals surface area contributed by atoms with Gasteiger partial charge >= 0.3 is 0 Å². The molecule has 1 heterocycles. The zero-order chi connectivity index (χ0) is 15.6. The molecule has 0 aliphatic rings. The van der Waals surface area contributed by atoms with Crippen LogP contribution in [0.2, 0.25) is 0 Å². The molecule has 0 aliphatic heterocycles. The predicted molar refractivity (Wildman–Crippen MR) is 78.2 cm³/mol. The Hall–Kier alpha value is -1.41. The van der Waals surface area contributed by atoms with Crippen LogP contribution in [0.5, 0.6) is 0 Å². The molecule has 0 aliphatic carbocycles. The number of amidine groups is 1. The van der Waals surface area contributed by atoms with Crippen molar-refractivity contribution in [2.24, 2.45) is 5.73 Å². The van der Waals surface area contributed by atoms with E-state index in [4.69, 9.17) is 11.1 Å². The second-order valence-corrected chi connectivity index (χ2v) is 6.35. The number of sulfonamides is 1. The highest BCUT2D eigenvalue weighted by Crippen LogP contribution is 2.19. The van der Waals surface area contributed by atoms with Gasteiger partial charge < -0.3 is 10.3 Å². The summed E-state index contributed by atoms with van der Waals surface area (Å²) in [7, 11) is -3.80. The first kappa shape index (κ1) is 16.6. The number of hydrogen-bond donors (Lipinski definition) is 3. The SMILES string of the molecule is CCn1cc(S(=O)(=O)NC(CC)(CC)C(=N)N)nc1C. The van der Waals surface area contributed by atoms with Crippen LogP contribution in [0.4, 0.5) is 0 Å². The van der Waals surface area contributed by atoms with Crippen molar-refractivity contribution in [2.75, 3.05) is 0 Å². The number of nitrogens with one attached hydrogen (secondary N) is 2. The van der Waals surface area contributed by atoms with Gasteiger partial charge in [0.25, 0.3) is 10.0 Å². The quantitative estimate of drug-likeness (QED) is 0.514. The highest BCUT2D eigenvalue weighted by atomic mass is 32.2. The molecule has 4 N–H and O–H groups in total. The highest BCUT2D eigenvalue weighted by Gasteiger charge is 2.36. The van der Waals surface area contributed by atoms with Crippen LogP contribution in [0.25, 0.3) is 0 Å². The van der Waals surface area contributed by atoms with Gasteiger partial charge in [-0.2, -0.15) is 4.72 Å². The fraction of sp³-hybridized carbons (Fsp3) is 0.667. The van der Waals surface area contributed by atoms with Crippen LogP contribution < -0.4 is 10.5 Å². The first-order chi connectivity index (χ1) is 9.22. The van der Waals surface area contributed by atoms with E-state index in [2.05, 4.69) is 9.71 Å². The van der Waals surface area contributed by atoms with Crippen molar-refractivity contribution in [3.05, 3.63) is 12.0 Å². The fourth-order valence-corrected chi connectivity index (χ4v) is 3.60. The van der Waals surface area contributed by atoms with E-state index in [-0.39, 0.29) is 10.9 Å². The fourth-order valence-electron chi connectivity index (χ4n) is 2.07. The molecule has 0 atom stereocenters. The predicted octanol–water partition coefficient (Wildman–Crippen LogP) is 0.984. The van der Waals surface area contributed by atoms with Gasteiger partial charge in [-0.3, -0.25) is 5.41 Å². The smallest absolute Gasteiger partial charge is 0.260 e. The Balaban J connectivity index is 3.19. The molecule has 0 aromatic carbocycles. The average molecular weight is 301 g/mol. The molecule has 1 rings (SSSR count). The molecule has 1 aromatic rings. The Labute approximate surface area is 120 Å². The molecule has 8 heteroatoms. The molecule has 0 radical (unpaired) electrons. The third kappa shape index (κ3) is 3.01. The van der Waals surface area contributed by atoms with Gasteiger partial charge in [0.2, 0.25) is 0 Å². The van der Waals surface area contributed by atoms with Crippen molar-refractivity contribution >= 4 is 15.9 Å². The molecular weight excluding hydrogens is 278 g/mol. The van der Waals surface area contributed by atoms with Crippen LogP contribution in [0.15, 0.2) is 11.2 Å². The van der Waals surface area contributed by atoms with Crippen LogP contribution >= 0.6 is 0 Å². The number of nitrogens with zero attached hydrogens (tertiary/aromatic N) is 2. The first-order valence-electron chi connectivity index (χ1n) is 6.64. The van der Waals surface area contributed by atoms with Gasteiger partial charge in [-0.25, -0.2) is 13.4 Å². The molecule has 7 nitrogen and oxygen atoms in total. The van der Waals surface area contributed by atoms with E-state index in [9.17, 15) is 8.42 Å². The minimum absolute atomic E-state index is 0.0376. The summed E-state index contributed by atoms with van der Waals surface area (Å²) in [6.07, 6.45) is 2.31. The largest absolute Gasteiger partial charge is 0.386 e. The maximum absolute atomic E-state index is 12.4. The molecule has 0 amide bonds.